The summed E-state index contributed by atoms with van der Waals surface area (Å²) in [5, 5.41) is 14.9. The molecule has 204 valence electrons. The van der Waals surface area contributed by atoms with E-state index < -0.39 is 22.9 Å². The van der Waals surface area contributed by atoms with Gasteiger partial charge < -0.3 is 10.4 Å². The van der Waals surface area contributed by atoms with E-state index in [-0.39, 0.29) is 16.6 Å². The predicted molar refractivity (Wildman–Crippen MR) is 154 cm³/mol. The number of anilines is 1. The van der Waals surface area contributed by atoms with Crippen LogP contribution in [-0.2, 0) is 11.1 Å². The van der Waals surface area contributed by atoms with Gasteiger partial charge in [-0.2, -0.15) is 13.2 Å². The SMILES string of the molecule is OC(C#CC1CCCC1)(c1cc(Cl)ccc1NC(c1ccccc1)(c1ccccc1)c1ccccc1)C(F)(F)F. The van der Waals surface area contributed by atoms with Crippen molar-refractivity contribution in [3.8, 4) is 11.8 Å². The fourth-order valence-electron chi connectivity index (χ4n) is 5.48. The lowest BCUT2D eigenvalue weighted by molar-refractivity contribution is -0.240. The standard InChI is InChI=1S/C34H29ClF3NO/c35-29-20-21-31(30(24-29)32(40,34(36,37)38)23-22-25-12-10-11-13-25)39-33(26-14-4-1-5-15-26,27-16-6-2-7-17-27)28-18-8-3-9-19-28/h1-9,14-21,24-25,39-40H,10-13H2. The molecule has 4 aromatic rings. The third-order valence-corrected chi connectivity index (χ3v) is 7.77. The highest BCUT2D eigenvalue weighted by Crippen LogP contribution is 2.46. The normalized spacial score (nSPS) is 15.6. The Labute approximate surface area is 237 Å². The predicted octanol–water partition coefficient (Wildman–Crippen LogP) is 8.69. The molecule has 0 aliphatic heterocycles. The summed E-state index contributed by atoms with van der Waals surface area (Å²) in [6.07, 6.45) is -1.79. The van der Waals surface area contributed by atoms with Crippen molar-refractivity contribution in [3.05, 3.63) is 136 Å². The minimum Gasteiger partial charge on any atom is -0.368 e. The Morgan fingerprint density at radius 2 is 1.20 bits per heavy atom. The van der Waals surface area contributed by atoms with Crippen molar-refractivity contribution in [1.82, 2.24) is 0 Å². The van der Waals surface area contributed by atoms with E-state index in [0.29, 0.717) is 0 Å². The maximum Gasteiger partial charge on any atom is 0.433 e. The van der Waals surface area contributed by atoms with Crippen LogP contribution in [0.1, 0.15) is 47.9 Å². The van der Waals surface area contributed by atoms with Gasteiger partial charge in [0.2, 0.25) is 5.60 Å². The monoisotopic (exact) mass is 559 g/mol. The number of alkyl halides is 3. The first-order valence-electron chi connectivity index (χ1n) is 13.3. The van der Waals surface area contributed by atoms with Crippen LogP contribution in [0.4, 0.5) is 18.9 Å². The molecule has 40 heavy (non-hydrogen) atoms. The van der Waals surface area contributed by atoms with Crippen molar-refractivity contribution < 1.29 is 18.3 Å². The minimum atomic E-state index is -5.07. The first kappa shape index (κ1) is 27.8. The van der Waals surface area contributed by atoms with Crippen LogP contribution < -0.4 is 5.32 Å². The molecule has 1 aliphatic carbocycles. The number of benzene rings is 4. The molecule has 0 bridgehead atoms. The summed E-state index contributed by atoms with van der Waals surface area (Å²) < 4.78 is 44.3. The van der Waals surface area contributed by atoms with Crippen molar-refractivity contribution in [1.29, 1.82) is 0 Å². The molecule has 0 saturated heterocycles. The van der Waals surface area contributed by atoms with Crippen LogP contribution in [0.3, 0.4) is 0 Å². The molecule has 2 nitrogen and oxygen atoms in total. The molecule has 0 spiro atoms. The minimum absolute atomic E-state index is 0.0654. The molecule has 2 N–H and O–H groups in total. The van der Waals surface area contributed by atoms with Gasteiger partial charge in [-0.3, -0.25) is 0 Å². The average molecular weight is 560 g/mol. The molecule has 1 fully saturated rings. The lowest BCUT2D eigenvalue weighted by Gasteiger charge is -2.39. The number of hydrogen-bond donors (Lipinski definition) is 2. The maximum absolute atomic E-state index is 14.8. The Morgan fingerprint density at radius 3 is 1.65 bits per heavy atom. The number of hydrogen-bond acceptors (Lipinski definition) is 2. The first-order valence-corrected chi connectivity index (χ1v) is 13.7. The molecule has 0 amide bonds. The highest BCUT2D eigenvalue weighted by atomic mass is 35.5. The molecule has 6 heteroatoms. The van der Waals surface area contributed by atoms with Gasteiger partial charge in [-0.25, -0.2) is 0 Å². The first-order chi connectivity index (χ1) is 19.2. The van der Waals surface area contributed by atoms with E-state index in [1.165, 1.54) is 12.1 Å². The van der Waals surface area contributed by atoms with E-state index in [1.54, 1.807) is 0 Å². The van der Waals surface area contributed by atoms with Crippen molar-refractivity contribution >= 4 is 17.3 Å². The van der Waals surface area contributed by atoms with Crippen molar-refractivity contribution in [2.45, 2.75) is 43.0 Å². The van der Waals surface area contributed by atoms with Crippen molar-refractivity contribution in [2.24, 2.45) is 5.92 Å². The fourth-order valence-corrected chi connectivity index (χ4v) is 5.65. The van der Waals surface area contributed by atoms with Gasteiger partial charge in [-0.05, 0) is 47.7 Å². The highest BCUT2D eigenvalue weighted by molar-refractivity contribution is 6.30. The Bertz CT molecular complexity index is 1390. The van der Waals surface area contributed by atoms with Crippen LogP contribution in [0, 0.1) is 17.8 Å². The fraction of sp³-hybridized carbons (Fsp3) is 0.235. The van der Waals surface area contributed by atoms with Crippen molar-refractivity contribution in [2.75, 3.05) is 5.32 Å². The van der Waals surface area contributed by atoms with E-state index in [4.69, 9.17) is 11.6 Å². The van der Waals surface area contributed by atoms with Gasteiger partial charge in [0.05, 0.1) is 0 Å². The van der Waals surface area contributed by atoms with Gasteiger partial charge in [0, 0.05) is 22.2 Å². The zero-order valence-electron chi connectivity index (χ0n) is 21.8. The zero-order chi connectivity index (χ0) is 28.2. The molecule has 1 saturated carbocycles. The maximum atomic E-state index is 14.8. The molecule has 4 aromatic carbocycles. The van der Waals surface area contributed by atoms with Crippen LogP contribution in [0.2, 0.25) is 5.02 Å². The molecule has 1 unspecified atom stereocenters. The van der Waals surface area contributed by atoms with E-state index in [0.717, 1.165) is 48.4 Å². The second-order valence-corrected chi connectivity index (χ2v) is 10.6. The lowest BCUT2D eigenvalue weighted by atomic mass is 9.76. The molecular formula is C34H29ClF3NO. The average Bonchev–Trinajstić information content (AvgIpc) is 3.50. The molecule has 1 atom stereocenters. The van der Waals surface area contributed by atoms with Gasteiger partial charge >= 0.3 is 6.18 Å². The third-order valence-electron chi connectivity index (χ3n) is 7.54. The summed E-state index contributed by atoms with van der Waals surface area (Å²) in [7, 11) is 0. The van der Waals surface area contributed by atoms with E-state index in [1.807, 2.05) is 91.0 Å². The summed E-state index contributed by atoms with van der Waals surface area (Å²) >= 11 is 6.27. The Morgan fingerprint density at radius 1 is 0.725 bits per heavy atom. The molecule has 0 radical (unpaired) electrons. The number of aliphatic hydroxyl groups is 1. The summed E-state index contributed by atoms with van der Waals surface area (Å²) in [4.78, 5) is 0. The van der Waals surface area contributed by atoms with E-state index in [2.05, 4.69) is 17.2 Å². The smallest absolute Gasteiger partial charge is 0.368 e. The summed E-state index contributed by atoms with van der Waals surface area (Å²) in [5.74, 6) is 4.81. The van der Waals surface area contributed by atoms with Gasteiger partial charge in [-0.1, -0.05) is 127 Å². The zero-order valence-corrected chi connectivity index (χ0v) is 22.5. The van der Waals surface area contributed by atoms with Crippen LogP contribution in [-0.4, -0.2) is 11.3 Å². The number of nitrogens with one attached hydrogen (secondary N) is 1. The van der Waals surface area contributed by atoms with Crippen LogP contribution in [0.5, 0.6) is 0 Å². The van der Waals surface area contributed by atoms with Crippen LogP contribution in [0.25, 0.3) is 0 Å². The summed E-state index contributed by atoms with van der Waals surface area (Å²) in [5.41, 5.74) is -2.49. The van der Waals surface area contributed by atoms with Gasteiger partial charge in [0.25, 0.3) is 0 Å². The molecule has 0 aromatic heterocycles. The summed E-state index contributed by atoms with van der Waals surface area (Å²) in [6.45, 7) is 0. The number of rotatable bonds is 6. The largest absolute Gasteiger partial charge is 0.433 e. The summed E-state index contributed by atoms with van der Waals surface area (Å²) in [6, 6.07) is 32.7. The van der Waals surface area contributed by atoms with Gasteiger partial charge in [-0.15, -0.1) is 0 Å². The Kier molecular flexibility index (Phi) is 7.94. The van der Waals surface area contributed by atoms with Crippen LogP contribution >= 0.6 is 11.6 Å². The third kappa shape index (κ3) is 5.35. The quantitative estimate of drug-likeness (QED) is 0.183. The van der Waals surface area contributed by atoms with Crippen LogP contribution in [0.15, 0.2) is 109 Å². The Balaban J connectivity index is 1.76. The molecule has 0 heterocycles. The topological polar surface area (TPSA) is 32.3 Å². The van der Waals surface area contributed by atoms with E-state index in [9.17, 15) is 18.3 Å². The van der Waals surface area contributed by atoms with Gasteiger partial charge in [0.1, 0.15) is 5.54 Å². The van der Waals surface area contributed by atoms with Gasteiger partial charge in [0.15, 0.2) is 0 Å². The number of halogens is 4. The molecular weight excluding hydrogens is 531 g/mol. The van der Waals surface area contributed by atoms with Crippen molar-refractivity contribution in [3.63, 3.8) is 0 Å². The molecule has 5 rings (SSSR count). The Hall–Kier alpha value is -3.72. The second kappa shape index (κ2) is 11.4. The molecule has 1 aliphatic rings. The highest BCUT2D eigenvalue weighted by Gasteiger charge is 2.56. The van der Waals surface area contributed by atoms with E-state index >= 15 is 0 Å². The lowest BCUT2D eigenvalue weighted by Crippen LogP contribution is -2.44. The second-order valence-electron chi connectivity index (χ2n) is 10.1.